The molecule has 5 nitrogen and oxygen atoms in total. The summed E-state index contributed by atoms with van der Waals surface area (Å²) in [6.07, 6.45) is 6.37. The molecule has 3 aromatic rings. The molecule has 0 bridgehead atoms. The summed E-state index contributed by atoms with van der Waals surface area (Å²) < 4.78 is 0. The summed E-state index contributed by atoms with van der Waals surface area (Å²) in [5, 5.41) is 3.24. The van der Waals surface area contributed by atoms with Gasteiger partial charge in [-0.2, -0.15) is 0 Å². The maximum Gasteiger partial charge on any atom is 0.274 e. The van der Waals surface area contributed by atoms with Gasteiger partial charge in [0.05, 0.1) is 12.4 Å². The van der Waals surface area contributed by atoms with Gasteiger partial charge < -0.3 is 10.2 Å². The highest BCUT2D eigenvalue weighted by atomic mass is 16.2. The molecule has 5 heteroatoms. The van der Waals surface area contributed by atoms with Crippen molar-refractivity contribution >= 4 is 11.7 Å². The van der Waals surface area contributed by atoms with Crippen molar-refractivity contribution < 1.29 is 4.79 Å². The minimum atomic E-state index is -0.0229. The molecule has 1 aliphatic heterocycles. The second-order valence-electron chi connectivity index (χ2n) is 7.55. The van der Waals surface area contributed by atoms with Gasteiger partial charge >= 0.3 is 0 Å². The van der Waals surface area contributed by atoms with Crippen molar-refractivity contribution in [2.75, 3.05) is 18.4 Å². The Morgan fingerprint density at radius 1 is 0.897 bits per heavy atom. The van der Waals surface area contributed by atoms with E-state index in [0.717, 1.165) is 32.4 Å². The molecule has 29 heavy (non-hydrogen) atoms. The molecule has 1 aromatic heterocycles. The second kappa shape index (κ2) is 9.32. The van der Waals surface area contributed by atoms with Crippen LogP contribution in [0.2, 0.25) is 0 Å². The lowest BCUT2D eigenvalue weighted by molar-refractivity contribution is 0.0684. The Morgan fingerprint density at radius 3 is 2.17 bits per heavy atom. The molecule has 1 N–H and O–H groups in total. The van der Waals surface area contributed by atoms with E-state index in [-0.39, 0.29) is 5.91 Å². The molecule has 0 radical (unpaired) electrons. The normalized spacial score (nSPS) is 14.6. The van der Waals surface area contributed by atoms with Gasteiger partial charge in [-0.3, -0.25) is 4.79 Å². The molecule has 0 unspecified atom stereocenters. The highest BCUT2D eigenvalue weighted by Crippen LogP contribution is 2.22. The summed E-state index contributed by atoms with van der Waals surface area (Å²) in [7, 11) is 0. The fourth-order valence-corrected chi connectivity index (χ4v) is 3.77. The molecule has 1 fully saturated rings. The van der Waals surface area contributed by atoms with E-state index in [1.807, 2.05) is 29.2 Å². The first-order valence-electron chi connectivity index (χ1n) is 10.2. The number of benzene rings is 2. The van der Waals surface area contributed by atoms with Crippen molar-refractivity contribution in [3.63, 3.8) is 0 Å². The molecule has 0 aliphatic carbocycles. The van der Waals surface area contributed by atoms with Gasteiger partial charge in [0.15, 0.2) is 0 Å². The quantitative estimate of drug-likeness (QED) is 0.690. The number of likely N-dealkylation sites (tertiary alicyclic amines) is 1. The van der Waals surface area contributed by atoms with Crippen molar-refractivity contribution in [1.29, 1.82) is 0 Å². The van der Waals surface area contributed by atoms with Crippen molar-refractivity contribution in [2.24, 2.45) is 5.92 Å². The monoisotopic (exact) mass is 386 g/mol. The third-order valence-corrected chi connectivity index (χ3v) is 5.46. The van der Waals surface area contributed by atoms with Crippen LogP contribution < -0.4 is 5.32 Å². The highest BCUT2D eigenvalue weighted by molar-refractivity contribution is 5.92. The van der Waals surface area contributed by atoms with Gasteiger partial charge in [-0.05, 0) is 36.3 Å². The number of amides is 1. The van der Waals surface area contributed by atoms with Crippen LogP contribution in [0.25, 0.3) is 0 Å². The van der Waals surface area contributed by atoms with Crippen LogP contribution in [0, 0.1) is 5.92 Å². The average Bonchev–Trinajstić information content (AvgIpc) is 2.79. The van der Waals surface area contributed by atoms with Crippen molar-refractivity contribution in [1.82, 2.24) is 14.9 Å². The Labute approximate surface area is 171 Å². The van der Waals surface area contributed by atoms with Crippen molar-refractivity contribution in [2.45, 2.75) is 25.8 Å². The van der Waals surface area contributed by atoms with Crippen LogP contribution in [-0.4, -0.2) is 33.9 Å². The molecule has 148 valence electrons. The number of nitrogens with one attached hydrogen (secondary N) is 1. The van der Waals surface area contributed by atoms with Crippen LogP contribution in [0.1, 0.15) is 34.5 Å². The number of hydrogen-bond donors (Lipinski definition) is 1. The minimum absolute atomic E-state index is 0.0229. The van der Waals surface area contributed by atoms with Crippen LogP contribution in [0.5, 0.6) is 0 Å². The third-order valence-electron chi connectivity index (χ3n) is 5.46. The Kier molecular flexibility index (Phi) is 6.15. The number of carbonyl (C=O) groups excluding carboxylic acids is 1. The zero-order valence-corrected chi connectivity index (χ0v) is 16.5. The fourth-order valence-electron chi connectivity index (χ4n) is 3.77. The van der Waals surface area contributed by atoms with E-state index in [1.54, 1.807) is 12.4 Å². The topological polar surface area (TPSA) is 58.1 Å². The Balaban J connectivity index is 1.27. The molecule has 2 aromatic carbocycles. The maximum atomic E-state index is 12.8. The molecular formula is C24H26N4O. The predicted molar refractivity (Wildman–Crippen MR) is 115 cm³/mol. The van der Waals surface area contributed by atoms with Gasteiger partial charge in [0, 0.05) is 19.6 Å². The summed E-state index contributed by atoms with van der Waals surface area (Å²) >= 11 is 0. The molecule has 2 heterocycles. The summed E-state index contributed by atoms with van der Waals surface area (Å²) in [6, 6.07) is 20.7. The molecule has 1 aliphatic rings. The minimum Gasteiger partial charge on any atom is -0.365 e. The summed E-state index contributed by atoms with van der Waals surface area (Å²) in [4.78, 5) is 23.4. The average molecular weight is 386 g/mol. The van der Waals surface area contributed by atoms with Crippen LogP contribution in [-0.2, 0) is 13.0 Å². The molecular weight excluding hydrogens is 360 g/mol. The second-order valence-corrected chi connectivity index (χ2v) is 7.55. The van der Waals surface area contributed by atoms with Crippen molar-refractivity contribution in [3.8, 4) is 0 Å². The fraction of sp³-hybridized carbons (Fsp3) is 0.292. The zero-order valence-electron chi connectivity index (χ0n) is 16.5. The number of anilines is 1. The van der Waals surface area contributed by atoms with Gasteiger partial charge in [-0.25, -0.2) is 9.97 Å². The van der Waals surface area contributed by atoms with Crippen LogP contribution >= 0.6 is 0 Å². The summed E-state index contributed by atoms with van der Waals surface area (Å²) in [5.74, 6) is 1.29. The van der Waals surface area contributed by atoms with Crippen LogP contribution in [0.4, 0.5) is 5.82 Å². The largest absolute Gasteiger partial charge is 0.365 e. The Morgan fingerprint density at radius 2 is 1.55 bits per heavy atom. The molecule has 0 spiro atoms. The smallest absolute Gasteiger partial charge is 0.274 e. The molecule has 1 saturated heterocycles. The van der Waals surface area contributed by atoms with Gasteiger partial charge in [0.2, 0.25) is 0 Å². The van der Waals surface area contributed by atoms with E-state index >= 15 is 0 Å². The van der Waals surface area contributed by atoms with Gasteiger partial charge in [0.25, 0.3) is 5.91 Å². The third kappa shape index (κ3) is 5.19. The number of rotatable bonds is 6. The molecule has 4 rings (SSSR count). The SMILES string of the molecule is O=C(c1cnc(NCc2ccccc2)cn1)N1CCC(Cc2ccccc2)CC1. The first-order chi connectivity index (χ1) is 14.3. The van der Waals surface area contributed by atoms with Crippen molar-refractivity contribution in [3.05, 3.63) is 89.9 Å². The van der Waals surface area contributed by atoms with E-state index in [0.29, 0.717) is 24.0 Å². The van der Waals surface area contributed by atoms with Crippen LogP contribution in [0.3, 0.4) is 0 Å². The number of piperidine rings is 1. The zero-order chi connectivity index (χ0) is 19.9. The lowest BCUT2D eigenvalue weighted by Gasteiger charge is -2.31. The lowest BCUT2D eigenvalue weighted by Crippen LogP contribution is -2.39. The Bertz CT molecular complexity index is 905. The number of carbonyl (C=O) groups is 1. The van der Waals surface area contributed by atoms with Gasteiger partial charge in [-0.15, -0.1) is 0 Å². The lowest BCUT2D eigenvalue weighted by atomic mass is 9.90. The molecule has 1 amide bonds. The highest BCUT2D eigenvalue weighted by Gasteiger charge is 2.24. The number of nitrogens with zero attached hydrogens (tertiary/aromatic N) is 3. The van der Waals surface area contributed by atoms with Crippen LogP contribution in [0.15, 0.2) is 73.1 Å². The predicted octanol–water partition coefficient (Wildman–Crippen LogP) is 4.18. The molecule has 0 atom stereocenters. The van der Waals surface area contributed by atoms with E-state index in [9.17, 15) is 4.79 Å². The van der Waals surface area contributed by atoms with Gasteiger partial charge in [-0.1, -0.05) is 60.7 Å². The maximum absolute atomic E-state index is 12.8. The van der Waals surface area contributed by atoms with E-state index in [4.69, 9.17) is 0 Å². The Hall–Kier alpha value is -3.21. The number of hydrogen-bond acceptors (Lipinski definition) is 4. The van der Waals surface area contributed by atoms with E-state index in [2.05, 4.69) is 51.7 Å². The first kappa shape index (κ1) is 19.1. The van der Waals surface area contributed by atoms with E-state index < -0.39 is 0 Å². The van der Waals surface area contributed by atoms with Gasteiger partial charge in [0.1, 0.15) is 11.5 Å². The molecule has 0 saturated carbocycles. The standard InChI is InChI=1S/C24H26N4O/c29-24(28-13-11-20(12-14-28)15-19-7-3-1-4-8-19)22-17-27-23(18-25-22)26-16-21-9-5-2-6-10-21/h1-10,17-18,20H,11-16H2,(H,26,27). The van der Waals surface area contributed by atoms with E-state index in [1.165, 1.54) is 11.1 Å². The first-order valence-corrected chi connectivity index (χ1v) is 10.2. The number of aromatic nitrogens is 2. The summed E-state index contributed by atoms with van der Waals surface area (Å²) in [5.41, 5.74) is 2.96. The summed E-state index contributed by atoms with van der Waals surface area (Å²) in [6.45, 7) is 2.25.